The van der Waals surface area contributed by atoms with Crippen LogP contribution in [0.3, 0.4) is 0 Å². The molecule has 1 aliphatic heterocycles. The summed E-state index contributed by atoms with van der Waals surface area (Å²) in [6.45, 7) is 8.96. The van der Waals surface area contributed by atoms with Gasteiger partial charge in [0.15, 0.2) is 5.69 Å². The van der Waals surface area contributed by atoms with Gasteiger partial charge in [-0.05, 0) is 23.1 Å². The average Bonchev–Trinajstić information content (AvgIpc) is 2.66. The van der Waals surface area contributed by atoms with E-state index >= 15 is 0 Å². The van der Waals surface area contributed by atoms with Gasteiger partial charge in [0.05, 0.1) is 6.57 Å². The van der Waals surface area contributed by atoms with E-state index < -0.39 is 0 Å². The lowest BCUT2D eigenvalue weighted by atomic mass is 10.1. The second-order valence-electron chi connectivity index (χ2n) is 3.85. The summed E-state index contributed by atoms with van der Waals surface area (Å²) in [5.41, 5.74) is 4.53. The lowest BCUT2D eigenvalue weighted by Gasteiger charge is -2.12. The van der Waals surface area contributed by atoms with Gasteiger partial charge in [-0.2, -0.15) is 0 Å². The van der Waals surface area contributed by atoms with Gasteiger partial charge in [-0.15, -0.1) is 0 Å². The van der Waals surface area contributed by atoms with Gasteiger partial charge < -0.3 is 10.3 Å². The maximum atomic E-state index is 7.01. The van der Waals surface area contributed by atoms with Crippen molar-refractivity contribution in [2.75, 3.05) is 6.54 Å². The van der Waals surface area contributed by atoms with Crippen LogP contribution in [-0.4, -0.2) is 11.5 Å². The Balaban J connectivity index is 2.30. The Bertz CT molecular complexity index is 560. The van der Waals surface area contributed by atoms with Crippen LogP contribution in [0.5, 0.6) is 0 Å². The number of fused-ring (bicyclic) bond motifs is 3. The van der Waals surface area contributed by atoms with Crippen LogP contribution in [0.25, 0.3) is 15.7 Å². The minimum absolute atomic E-state index is 0.717. The Morgan fingerprint density at radius 1 is 1.33 bits per heavy atom. The zero-order chi connectivity index (χ0) is 10.3. The molecule has 2 N–H and O–H groups in total. The molecule has 0 spiro atoms. The number of nitrogens with zero attached hydrogens (tertiary/aromatic N) is 1. The van der Waals surface area contributed by atoms with Gasteiger partial charge in [-0.1, -0.05) is 6.07 Å². The molecule has 0 fully saturated rings. The third-order valence-corrected chi connectivity index (χ3v) is 2.96. The third kappa shape index (κ3) is 1.23. The molecule has 74 valence electrons. The lowest BCUT2D eigenvalue weighted by Crippen LogP contribution is -2.22. The molecule has 1 aliphatic rings. The Kier molecular flexibility index (Phi) is 1.77. The number of hydrogen-bond donors (Lipinski definition) is 2. The Labute approximate surface area is 87.9 Å². The summed E-state index contributed by atoms with van der Waals surface area (Å²) in [5.74, 6) is 0. The predicted octanol–water partition coefficient (Wildman–Crippen LogP) is 2.36. The topological polar surface area (TPSA) is 32.2 Å². The fourth-order valence-electron chi connectivity index (χ4n) is 2.20. The molecule has 0 aliphatic carbocycles. The Morgan fingerprint density at radius 2 is 2.27 bits per heavy atom. The fraction of sp³-hybridized carbons (Fsp3) is 0.250. The molecule has 1 aromatic carbocycles. The second kappa shape index (κ2) is 3.11. The molecule has 3 heteroatoms. The monoisotopic (exact) mass is 197 g/mol. The van der Waals surface area contributed by atoms with E-state index in [1.807, 2.05) is 18.2 Å². The SMILES string of the molecule is [C-]#[N+]c1ccc2[nH]c3c(c2c1)CNCC3. The van der Waals surface area contributed by atoms with Crippen LogP contribution in [0, 0.1) is 6.57 Å². The van der Waals surface area contributed by atoms with Crippen LogP contribution < -0.4 is 5.32 Å². The molecule has 0 amide bonds. The first-order chi connectivity index (χ1) is 7.38. The minimum atomic E-state index is 0.717. The first-order valence-corrected chi connectivity index (χ1v) is 5.10. The van der Waals surface area contributed by atoms with Gasteiger partial charge in [0.1, 0.15) is 0 Å². The molecular weight excluding hydrogens is 186 g/mol. The standard InChI is InChI=1S/C12H11N3/c1-13-8-2-3-11-9(6-8)10-7-14-5-4-12(10)15-11/h2-3,6,14-15H,4-5,7H2. The number of aromatic amines is 1. The van der Waals surface area contributed by atoms with E-state index in [9.17, 15) is 0 Å². The van der Waals surface area contributed by atoms with E-state index in [1.54, 1.807) is 0 Å². The summed E-state index contributed by atoms with van der Waals surface area (Å²) in [6.07, 6.45) is 1.05. The Morgan fingerprint density at radius 3 is 3.13 bits per heavy atom. The van der Waals surface area contributed by atoms with Crippen LogP contribution in [0.4, 0.5) is 5.69 Å². The molecule has 15 heavy (non-hydrogen) atoms. The highest BCUT2D eigenvalue weighted by Gasteiger charge is 2.14. The smallest absolute Gasteiger partial charge is 0.188 e. The highest BCUT2D eigenvalue weighted by Crippen LogP contribution is 2.28. The number of nitrogens with one attached hydrogen (secondary N) is 2. The van der Waals surface area contributed by atoms with Gasteiger partial charge >= 0.3 is 0 Å². The van der Waals surface area contributed by atoms with Crippen LogP contribution in [0.15, 0.2) is 18.2 Å². The minimum Gasteiger partial charge on any atom is -0.358 e. The predicted molar refractivity (Wildman–Crippen MR) is 60.0 cm³/mol. The molecule has 2 heterocycles. The number of H-pyrrole nitrogens is 1. The molecule has 0 bridgehead atoms. The molecule has 0 saturated carbocycles. The van der Waals surface area contributed by atoms with Gasteiger partial charge in [0, 0.05) is 30.7 Å². The van der Waals surface area contributed by atoms with Crippen molar-refractivity contribution < 1.29 is 0 Å². The van der Waals surface area contributed by atoms with Crippen molar-refractivity contribution in [3.05, 3.63) is 40.9 Å². The van der Waals surface area contributed by atoms with Gasteiger partial charge in [-0.3, -0.25) is 0 Å². The average molecular weight is 197 g/mol. The molecule has 3 rings (SSSR count). The van der Waals surface area contributed by atoms with Gasteiger partial charge in [0.25, 0.3) is 0 Å². The summed E-state index contributed by atoms with van der Waals surface area (Å²) in [4.78, 5) is 6.89. The lowest BCUT2D eigenvalue weighted by molar-refractivity contribution is 0.641. The van der Waals surface area contributed by atoms with Crippen LogP contribution in [-0.2, 0) is 13.0 Å². The van der Waals surface area contributed by atoms with E-state index in [0.717, 1.165) is 30.7 Å². The van der Waals surface area contributed by atoms with Crippen molar-refractivity contribution in [3.63, 3.8) is 0 Å². The van der Waals surface area contributed by atoms with Crippen molar-refractivity contribution in [3.8, 4) is 0 Å². The van der Waals surface area contributed by atoms with Gasteiger partial charge in [0.2, 0.25) is 0 Å². The summed E-state index contributed by atoms with van der Waals surface area (Å²) in [7, 11) is 0. The van der Waals surface area contributed by atoms with Crippen LogP contribution in [0.1, 0.15) is 11.3 Å². The van der Waals surface area contributed by atoms with E-state index in [1.165, 1.54) is 16.6 Å². The summed E-state index contributed by atoms with van der Waals surface area (Å²) in [6, 6.07) is 5.84. The molecule has 1 aromatic heterocycles. The highest BCUT2D eigenvalue weighted by molar-refractivity contribution is 5.88. The molecular formula is C12H11N3. The van der Waals surface area contributed by atoms with E-state index in [-0.39, 0.29) is 0 Å². The number of benzene rings is 1. The van der Waals surface area contributed by atoms with E-state index in [2.05, 4.69) is 15.1 Å². The first-order valence-electron chi connectivity index (χ1n) is 5.10. The number of rotatable bonds is 0. The Hall–Kier alpha value is -1.79. The van der Waals surface area contributed by atoms with Crippen molar-refractivity contribution in [1.82, 2.24) is 10.3 Å². The molecule has 2 aromatic rings. The summed E-state index contributed by atoms with van der Waals surface area (Å²) in [5, 5.41) is 4.56. The maximum Gasteiger partial charge on any atom is 0.188 e. The largest absolute Gasteiger partial charge is 0.358 e. The zero-order valence-electron chi connectivity index (χ0n) is 8.30. The van der Waals surface area contributed by atoms with E-state index in [0.29, 0.717) is 0 Å². The third-order valence-electron chi connectivity index (χ3n) is 2.96. The number of hydrogen-bond acceptors (Lipinski definition) is 1. The zero-order valence-corrected chi connectivity index (χ0v) is 8.30. The van der Waals surface area contributed by atoms with Crippen molar-refractivity contribution in [2.45, 2.75) is 13.0 Å². The van der Waals surface area contributed by atoms with Crippen molar-refractivity contribution in [1.29, 1.82) is 0 Å². The summed E-state index contributed by atoms with van der Waals surface area (Å²) >= 11 is 0. The molecule has 0 atom stereocenters. The van der Waals surface area contributed by atoms with Gasteiger partial charge in [-0.25, -0.2) is 4.85 Å². The number of aromatic nitrogens is 1. The molecule has 0 unspecified atom stereocenters. The normalized spacial score (nSPS) is 14.9. The van der Waals surface area contributed by atoms with Crippen molar-refractivity contribution in [2.24, 2.45) is 0 Å². The molecule has 0 radical (unpaired) electrons. The quantitative estimate of drug-likeness (QED) is 0.624. The fourth-order valence-corrected chi connectivity index (χ4v) is 2.20. The van der Waals surface area contributed by atoms with E-state index in [4.69, 9.17) is 6.57 Å². The second-order valence-corrected chi connectivity index (χ2v) is 3.85. The summed E-state index contributed by atoms with van der Waals surface area (Å²) < 4.78 is 0. The molecule has 0 saturated heterocycles. The highest BCUT2D eigenvalue weighted by atomic mass is 14.9. The molecule has 3 nitrogen and oxygen atoms in total. The van der Waals surface area contributed by atoms with Crippen LogP contribution in [0.2, 0.25) is 0 Å². The maximum absolute atomic E-state index is 7.01. The van der Waals surface area contributed by atoms with Crippen LogP contribution >= 0.6 is 0 Å². The first kappa shape index (κ1) is 8.51. The van der Waals surface area contributed by atoms with Crippen molar-refractivity contribution >= 4 is 16.6 Å².